The number of carbonyl (C=O) groups is 1. The van der Waals surface area contributed by atoms with Crippen LogP contribution in [-0.2, 0) is 4.79 Å². The van der Waals surface area contributed by atoms with Gasteiger partial charge >= 0.3 is 0 Å². The lowest BCUT2D eigenvalue weighted by Gasteiger charge is -2.14. The molecular weight excluding hydrogens is 144 g/mol. The van der Waals surface area contributed by atoms with E-state index in [-0.39, 0.29) is 24.3 Å². The van der Waals surface area contributed by atoms with Crippen LogP contribution >= 0.6 is 0 Å². The highest BCUT2D eigenvalue weighted by Gasteiger charge is 2.31. The van der Waals surface area contributed by atoms with Gasteiger partial charge in [-0.3, -0.25) is 10.2 Å². The van der Waals surface area contributed by atoms with E-state index in [4.69, 9.17) is 10.9 Å². The summed E-state index contributed by atoms with van der Waals surface area (Å²) in [4.78, 5) is 11.0. The first-order valence-electron chi connectivity index (χ1n) is 3.91. The van der Waals surface area contributed by atoms with Crippen LogP contribution in [0.2, 0.25) is 0 Å². The molecule has 0 bridgehead atoms. The van der Waals surface area contributed by atoms with E-state index in [0.29, 0.717) is 0 Å². The second-order valence-corrected chi connectivity index (χ2v) is 2.99. The van der Waals surface area contributed by atoms with E-state index >= 15 is 0 Å². The maximum atomic E-state index is 11.0. The molecule has 4 heteroatoms. The van der Waals surface area contributed by atoms with Gasteiger partial charge in [-0.1, -0.05) is 6.42 Å². The lowest BCUT2D eigenvalue weighted by Crippen LogP contribution is -2.38. The summed E-state index contributed by atoms with van der Waals surface area (Å²) >= 11 is 0. The number of amides is 1. The quantitative estimate of drug-likeness (QED) is 0.285. The van der Waals surface area contributed by atoms with Crippen molar-refractivity contribution in [3.8, 4) is 0 Å². The topological polar surface area (TPSA) is 75.3 Å². The second kappa shape index (κ2) is 3.69. The number of hydrazine groups is 1. The van der Waals surface area contributed by atoms with Gasteiger partial charge < -0.3 is 5.11 Å². The van der Waals surface area contributed by atoms with Crippen molar-refractivity contribution < 1.29 is 9.90 Å². The molecule has 0 aromatic carbocycles. The molecule has 1 amide bonds. The fourth-order valence-electron chi connectivity index (χ4n) is 1.71. The minimum atomic E-state index is -0.137. The maximum Gasteiger partial charge on any atom is 0.237 e. The van der Waals surface area contributed by atoms with Crippen molar-refractivity contribution >= 4 is 5.91 Å². The Balaban J connectivity index is 2.49. The molecule has 1 fully saturated rings. The summed E-state index contributed by atoms with van der Waals surface area (Å²) < 4.78 is 0. The molecule has 4 N–H and O–H groups in total. The zero-order valence-electron chi connectivity index (χ0n) is 6.42. The SMILES string of the molecule is NNC(=O)C1CCCC1CO. The minimum absolute atomic E-state index is 0.0648. The van der Waals surface area contributed by atoms with Crippen LogP contribution in [0.1, 0.15) is 19.3 Å². The van der Waals surface area contributed by atoms with Gasteiger partial charge in [0.1, 0.15) is 0 Å². The molecule has 0 aliphatic heterocycles. The van der Waals surface area contributed by atoms with Gasteiger partial charge in [-0.2, -0.15) is 0 Å². The third kappa shape index (κ3) is 1.70. The fourth-order valence-corrected chi connectivity index (χ4v) is 1.71. The number of aliphatic hydroxyl groups excluding tert-OH is 1. The van der Waals surface area contributed by atoms with Gasteiger partial charge in [0.05, 0.1) is 0 Å². The summed E-state index contributed by atoms with van der Waals surface area (Å²) in [5, 5.41) is 8.86. The number of nitrogens with one attached hydrogen (secondary N) is 1. The molecule has 2 atom stereocenters. The van der Waals surface area contributed by atoms with Crippen molar-refractivity contribution in [1.82, 2.24) is 5.43 Å². The molecule has 0 saturated heterocycles. The summed E-state index contributed by atoms with van der Waals surface area (Å²) in [6.07, 6.45) is 2.81. The van der Waals surface area contributed by atoms with Gasteiger partial charge in [-0.15, -0.1) is 0 Å². The zero-order chi connectivity index (χ0) is 8.27. The highest BCUT2D eigenvalue weighted by Crippen LogP contribution is 2.30. The number of carbonyl (C=O) groups excluding carboxylic acids is 1. The highest BCUT2D eigenvalue weighted by molar-refractivity contribution is 5.78. The van der Waals surface area contributed by atoms with Crippen molar-refractivity contribution in [2.75, 3.05) is 6.61 Å². The maximum absolute atomic E-state index is 11.0. The fraction of sp³-hybridized carbons (Fsp3) is 0.857. The standard InChI is InChI=1S/C7H14N2O2/c8-9-7(11)6-3-1-2-5(6)4-10/h5-6,10H,1-4,8H2,(H,9,11). The average Bonchev–Trinajstić information content (AvgIpc) is 2.50. The molecule has 64 valence electrons. The predicted octanol–water partition coefficient (Wildman–Crippen LogP) is -0.615. The smallest absolute Gasteiger partial charge is 0.237 e. The van der Waals surface area contributed by atoms with Crippen LogP contribution in [0, 0.1) is 11.8 Å². The highest BCUT2D eigenvalue weighted by atomic mass is 16.3. The summed E-state index contributed by atoms with van der Waals surface area (Å²) in [6, 6.07) is 0. The number of hydrogen-bond acceptors (Lipinski definition) is 3. The normalized spacial score (nSPS) is 30.4. The largest absolute Gasteiger partial charge is 0.396 e. The first kappa shape index (κ1) is 8.49. The summed E-state index contributed by atoms with van der Waals surface area (Å²) in [7, 11) is 0. The van der Waals surface area contributed by atoms with Crippen molar-refractivity contribution in [1.29, 1.82) is 0 Å². The number of rotatable bonds is 2. The summed E-state index contributed by atoms with van der Waals surface area (Å²) in [6.45, 7) is 0.0953. The average molecular weight is 158 g/mol. The summed E-state index contributed by atoms with van der Waals surface area (Å²) in [5.41, 5.74) is 2.12. The lowest BCUT2D eigenvalue weighted by molar-refractivity contribution is -0.126. The van der Waals surface area contributed by atoms with Gasteiger partial charge in [-0.25, -0.2) is 5.84 Å². The molecule has 0 spiro atoms. The van der Waals surface area contributed by atoms with Crippen molar-refractivity contribution in [2.24, 2.45) is 17.7 Å². The van der Waals surface area contributed by atoms with Crippen LogP contribution in [0.15, 0.2) is 0 Å². The van der Waals surface area contributed by atoms with Crippen molar-refractivity contribution in [2.45, 2.75) is 19.3 Å². The van der Waals surface area contributed by atoms with Crippen LogP contribution in [0.3, 0.4) is 0 Å². The van der Waals surface area contributed by atoms with E-state index in [1.165, 1.54) is 0 Å². The van der Waals surface area contributed by atoms with Gasteiger partial charge in [0.25, 0.3) is 0 Å². The Labute approximate surface area is 65.7 Å². The van der Waals surface area contributed by atoms with E-state index in [1.54, 1.807) is 0 Å². The van der Waals surface area contributed by atoms with Crippen LogP contribution < -0.4 is 11.3 Å². The Bertz CT molecular complexity index is 149. The molecule has 1 aliphatic carbocycles. The molecule has 0 heterocycles. The molecule has 0 aromatic rings. The van der Waals surface area contributed by atoms with Crippen LogP contribution in [0.25, 0.3) is 0 Å². The van der Waals surface area contributed by atoms with Gasteiger partial charge in [-0.05, 0) is 18.8 Å². The third-order valence-electron chi connectivity index (χ3n) is 2.37. The van der Waals surface area contributed by atoms with Gasteiger partial charge in [0.2, 0.25) is 5.91 Å². The summed E-state index contributed by atoms with van der Waals surface area (Å²) in [5.74, 6) is 4.91. The Kier molecular flexibility index (Phi) is 2.84. The van der Waals surface area contributed by atoms with Crippen LogP contribution in [-0.4, -0.2) is 17.6 Å². The molecular formula is C7H14N2O2. The molecule has 11 heavy (non-hydrogen) atoms. The predicted molar refractivity (Wildman–Crippen MR) is 40.2 cm³/mol. The molecule has 1 saturated carbocycles. The number of hydrogen-bond donors (Lipinski definition) is 3. The van der Waals surface area contributed by atoms with Crippen LogP contribution in [0.5, 0.6) is 0 Å². The second-order valence-electron chi connectivity index (χ2n) is 2.99. The zero-order valence-corrected chi connectivity index (χ0v) is 6.42. The van der Waals surface area contributed by atoms with E-state index < -0.39 is 0 Å². The van der Waals surface area contributed by atoms with Gasteiger partial charge in [0.15, 0.2) is 0 Å². The first-order valence-corrected chi connectivity index (χ1v) is 3.91. The van der Waals surface area contributed by atoms with Crippen molar-refractivity contribution in [3.05, 3.63) is 0 Å². The van der Waals surface area contributed by atoms with E-state index in [9.17, 15) is 4.79 Å². The van der Waals surface area contributed by atoms with E-state index in [0.717, 1.165) is 19.3 Å². The molecule has 4 nitrogen and oxygen atoms in total. The lowest BCUT2D eigenvalue weighted by atomic mass is 9.96. The Hall–Kier alpha value is -0.610. The van der Waals surface area contributed by atoms with Gasteiger partial charge in [0, 0.05) is 12.5 Å². The van der Waals surface area contributed by atoms with Crippen molar-refractivity contribution in [3.63, 3.8) is 0 Å². The Morgan fingerprint density at radius 3 is 2.91 bits per heavy atom. The number of aliphatic hydroxyl groups is 1. The third-order valence-corrected chi connectivity index (χ3v) is 2.37. The molecule has 0 radical (unpaired) electrons. The molecule has 1 rings (SSSR count). The van der Waals surface area contributed by atoms with E-state index in [1.807, 2.05) is 0 Å². The van der Waals surface area contributed by atoms with Crippen LogP contribution in [0.4, 0.5) is 0 Å². The first-order chi connectivity index (χ1) is 5.29. The molecule has 1 aliphatic rings. The number of nitrogens with two attached hydrogens (primary N) is 1. The Morgan fingerprint density at radius 2 is 2.36 bits per heavy atom. The molecule has 0 aromatic heterocycles. The Morgan fingerprint density at radius 1 is 1.64 bits per heavy atom. The van der Waals surface area contributed by atoms with E-state index in [2.05, 4.69) is 5.43 Å². The monoisotopic (exact) mass is 158 g/mol. The molecule has 2 unspecified atom stereocenters. The minimum Gasteiger partial charge on any atom is -0.396 e.